The van der Waals surface area contributed by atoms with Crippen molar-refractivity contribution in [2.45, 2.75) is 46.0 Å². The van der Waals surface area contributed by atoms with Crippen molar-refractivity contribution >= 4 is 5.97 Å². The first-order valence-electron chi connectivity index (χ1n) is 8.86. The molecule has 1 saturated carbocycles. The van der Waals surface area contributed by atoms with Crippen molar-refractivity contribution in [1.82, 2.24) is 15.2 Å². The molecule has 2 N–H and O–H groups in total. The molecule has 6 nitrogen and oxygen atoms in total. The highest BCUT2D eigenvalue weighted by Crippen LogP contribution is 2.41. The maximum Gasteiger partial charge on any atom is 0.309 e. The molecule has 6 heteroatoms. The quantitative estimate of drug-likeness (QED) is 0.832. The van der Waals surface area contributed by atoms with Crippen molar-refractivity contribution in [3.63, 3.8) is 0 Å². The zero-order valence-electron chi connectivity index (χ0n) is 14.8. The van der Waals surface area contributed by atoms with Crippen LogP contribution in [0, 0.1) is 18.3 Å². The molecule has 1 fully saturated rings. The van der Waals surface area contributed by atoms with Gasteiger partial charge in [0.05, 0.1) is 35.8 Å². The molecule has 0 spiro atoms. The molecule has 1 aliphatic carbocycles. The van der Waals surface area contributed by atoms with E-state index >= 15 is 0 Å². The van der Waals surface area contributed by atoms with Crippen LogP contribution in [-0.2, 0) is 4.79 Å². The Bertz CT molecular complexity index is 716. The fraction of sp³-hybridized carbons (Fsp3) is 0.526. The van der Waals surface area contributed by atoms with E-state index < -0.39 is 11.4 Å². The number of pyridine rings is 1. The molecule has 2 aromatic heterocycles. The Kier molecular flexibility index (Phi) is 5.06. The predicted octanol–water partition coefficient (Wildman–Crippen LogP) is 3.83. The van der Waals surface area contributed by atoms with Crippen molar-refractivity contribution in [2.24, 2.45) is 11.3 Å². The molecule has 3 rings (SSSR count). The first-order valence-corrected chi connectivity index (χ1v) is 8.86. The van der Waals surface area contributed by atoms with E-state index in [1.807, 2.05) is 26.0 Å². The average molecular weight is 343 g/mol. The number of ether oxygens (including phenoxy) is 1. The van der Waals surface area contributed by atoms with Gasteiger partial charge in [-0.15, -0.1) is 0 Å². The Morgan fingerprint density at radius 3 is 2.64 bits per heavy atom. The van der Waals surface area contributed by atoms with Crippen LogP contribution in [0.2, 0.25) is 0 Å². The number of carbonyl (C=O) groups is 1. The molecular formula is C19H25N3O3. The van der Waals surface area contributed by atoms with E-state index in [0.29, 0.717) is 18.9 Å². The standard InChI is InChI=1S/C19H25N3O3/c1-3-19(18(23)24)8-6-14(7-9-19)12-25-15-4-5-16(20-11-15)17-13(2)10-21-22-17/h4-5,10-11,14H,3,6-9,12H2,1-2H3,(H,21,22)(H,23,24). The van der Waals surface area contributed by atoms with E-state index in [1.54, 1.807) is 12.4 Å². The minimum Gasteiger partial charge on any atom is -0.492 e. The lowest BCUT2D eigenvalue weighted by Gasteiger charge is -2.36. The lowest BCUT2D eigenvalue weighted by Crippen LogP contribution is -2.36. The van der Waals surface area contributed by atoms with Gasteiger partial charge in [-0.05, 0) is 62.6 Å². The summed E-state index contributed by atoms with van der Waals surface area (Å²) in [5, 5.41) is 16.4. The third kappa shape index (κ3) is 3.67. The third-order valence-corrected chi connectivity index (χ3v) is 5.50. The van der Waals surface area contributed by atoms with Crippen LogP contribution in [-0.4, -0.2) is 32.9 Å². The molecule has 0 saturated heterocycles. The van der Waals surface area contributed by atoms with E-state index in [1.165, 1.54) is 0 Å². The number of aryl methyl sites for hydroxylation is 1. The van der Waals surface area contributed by atoms with E-state index in [-0.39, 0.29) is 0 Å². The second-order valence-corrected chi connectivity index (χ2v) is 7.00. The van der Waals surface area contributed by atoms with Gasteiger partial charge >= 0.3 is 5.97 Å². The van der Waals surface area contributed by atoms with Gasteiger partial charge in [0.25, 0.3) is 0 Å². The van der Waals surface area contributed by atoms with E-state index in [2.05, 4.69) is 15.2 Å². The first kappa shape index (κ1) is 17.5. The molecule has 0 aromatic carbocycles. The molecule has 0 amide bonds. The summed E-state index contributed by atoms with van der Waals surface area (Å²) in [6.07, 6.45) is 7.49. The highest BCUT2D eigenvalue weighted by molar-refractivity contribution is 5.74. The zero-order valence-corrected chi connectivity index (χ0v) is 14.8. The second kappa shape index (κ2) is 7.25. The highest BCUT2D eigenvalue weighted by atomic mass is 16.5. The fourth-order valence-corrected chi connectivity index (χ4v) is 3.55. The van der Waals surface area contributed by atoms with Crippen LogP contribution in [0.15, 0.2) is 24.5 Å². The predicted molar refractivity (Wildman–Crippen MR) is 94.4 cm³/mol. The lowest BCUT2D eigenvalue weighted by atomic mass is 9.69. The zero-order chi connectivity index (χ0) is 17.9. The van der Waals surface area contributed by atoms with Gasteiger partial charge in [0.1, 0.15) is 5.75 Å². The number of carboxylic acid groups (broad SMARTS) is 1. The van der Waals surface area contributed by atoms with Gasteiger partial charge in [0, 0.05) is 0 Å². The Hall–Kier alpha value is -2.37. The van der Waals surface area contributed by atoms with Crippen LogP contribution in [0.1, 0.15) is 44.6 Å². The minimum absolute atomic E-state index is 0.411. The Morgan fingerprint density at radius 1 is 1.36 bits per heavy atom. The van der Waals surface area contributed by atoms with Crippen molar-refractivity contribution < 1.29 is 14.6 Å². The summed E-state index contributed by atoms with van der Waals surface area (Å²) in [6, 6.07) is 3.84. The summed E-state index contributed by atoms with van der Waals surface area (Å²) >= 11 is 0. The van der Waals surface area contributed by atoms with Crippen LogP contribution in [0.3, 0.4) is 0 Å². The SMILES string of the molecule is CCC1(C(=O)O)CCC(COc2ccc(-c3[nH]ncc3C)nc2)CC1. The number of aliphatic carboxylic acids is 1. The number of carboxylic acids is 1. The van der Waals surface area contributed by atoms with Gasteiger partial charge in [0.2, 0.25) is 0 Å². The molecule has 0 bridgehead atoms. The van der Waals surface area contributed by atoms with Crippen LogP contribution in [0.5, 0.6) is 5.75 Å². The van der Waals surface area contributed by atoms with Crippen LogP contribution in [0.25, 0.3) is 11.4 Å². The van der Waals surface area contributed by atoms with Crippen molar-refractivity contribution in [3.8, 4) is 17.1 Å². The molecule has 2 heterocycles. The van der Waals surface area contributed by atoms with Crippen LogP contribution < -0.4 is 4.74 Å². The van der Waals surface area contributed by atoms with Gasteiger partial charge in [-0.2, -0.15) is 5.10 Å². The normalized spacial score (nSPS) is 23.4. The Labute approximate surface area is 147 Å². The first-order chi connectivity index (χ1) is 12.0. The number of nitrogens with zero attached hydrogens (tertiary/aromatic N) is 2. The largest absolute Gasteiger partial charge is 0.492 e. The highest BCUT2D eigenvalue weighted by Gasteiger charge is 2.40. The Balaban J connectivity index is 1.53. The molecule has 0 radical (unpaired) electrons. The number of hydrogen-bond donors (Lipinski definition) is 2. The number of hydrogen-bond acceptors (Lipinski definition) is 4. The molecule has 25 heavy (non-hydrogen) atoms. The summed E-state index contributed by atoms with van der Waals surface area (Å²) in [5.41, 5.74) is 2.29. The van der Waals surface area contributed by atoms with E-state index in [0.717, 1.165) is 48.4 Å². The number of aromatic amines is 1. The van der Waals surface area contributed by atoms with E-state index in [4.69, 9.17) is 4.74 Å². The molecular weight excluding hydrogens is 318 g/mol. The maximum atomic E-state index is 11.5. The lowest BCUT2D eigenvalue weighted by molar-refractivity contribution is -0.152. The smallest absolute Gasteiger partial charge is 0.309 e. The topological polar surface area (TPSA) is 88.1 Å². The van der Waals surface area contributed by atoms with Gasteiger partial charge in [-0.1, -0.05) is 6.92 Å². The van der Waals surface area contributed by atoms with Crippen LogP contribution >= 0.6 is 0 Å². The number of rotatable bonds is 6. The number of nitrogens with one attached hydrogen (secondary N) is 1. The molecule has 0 aliphatic heterocycles. The van der Waals surface area contributed by atoms with Gasteiger partial charge < -0.3 is 9.84 Å². The molecule has 2 aromatic rings. The summed E-state index contributed by atoms with van der Waals surface area (Å²) in [6.45, 7) is 4.57. The van der Waals surface area contributed by atoms with Crippen LogP contribution in [0.4, 0.5) is 0 Å². The molecule has 0 unspecified atom stereocenters. The second-order valence-electron chi connectivity index (χ2n) is 7.00. The third-order valence-electron chi connectivity index (χ3n) is 5.50. The monoisotopic (exact) mass is 343 g/mol. The number of H-pyrrole nitrogens is 1. The average Bonchev–Trinajstić information content (AvgIpc) is 3.06. The summed E-state index contributed by atoms with van der Waals surface area (Å²) in [4.78, 5) is 15.9. The van der Waals surface area contributed by atoms with Crippen molar-refractivity contribution in [2.75, 3.05) is 6.61 Å². The summed E-state index contributed by atoms with van der Waals surface area (Å²) < 4.78 is 5.87. The summed E-state index contributed by atoms with van der Waals surface area (Å²) in [5.74, 6) is 0.503. The maximum absolute atomic E-state index is 11.5. The van der Waals surface area contributed by atoms with E-state index in [9.17, 15) is 9.90 Å². The summed E-state index contributed by atoms with van der Waals surface area (Å²) in [7, 11) is 0. The molecule has 0 atom stereocenters. The van der Waals surface area contributed by atoms with Gasteiger partial charge in [-0.3, -0.25) is 14.9 Å². The Morgan fingerprint density at radius 2 is 2.12 bits per heavy atom. The molecule has 134 valence electrons. The minimum atomic E-state index is -0.650. The van der Waals surface area contributed by atoms with Gasteiger partial charge in [0.15, 0.2) is 0 Å². The van der Waals surface area contributed by atoms with Gasteiger partial charge in [-0.25, -0.2) is 0 Å². The number of aromatic nitrogens is 3. The van der Waals surface area contributed by atoms with Crippen molar-refractivity contribution in [1.29, 1.82) is 0 Å². The fourth-order valence-electron chi connectivity index (χ4n) is 3.55. The molecule has 1 aliphatic rings. The van der Waals surface area contributed by atoms with Crippen molar-refractivity contribution in [3.05, 3.63) is 30.1 Å².